The van der Waals surface area contributed by atoms with Crippen LogP contribution in [-0.4, -0.2) is 54.1 Å². The predicted octanol–water partition coefficient (Wildman–Crippen LogP) is 1.42. The van der Waals surface area contributed by atoms with Gasteiger partial charge >= 0.3 is 0 Å². The van der Waals surface area contributed by atoms with E-state index >= 15 is 0 Å². The molecule has 0 amide bonds. The molecule has 1 atom stereocenters. The number of rotatable bonds is 6. The van der Waals surface area contributed by atoms with Crippen LogP contribution in [0.3, 0.4) is 0 Å². The zero-order chi connectivity index (χ0) is 13.6. The standard InChI is InChI=1S/C14H28N4/c1-13(2)18-10-8-17(9-11-18)7-5-4-6-14(3,16)12-15/h13H,4-11,16H2,1-3H3. The van der Waals surface area contributed by atoms with Gasteiger partial charge in [-0.1, -0.05) is 0 Å². The molecule has 1 unspecified atom stereocenters. The Morgan fingerprint density at radius 3 is 2.33 bits per heavy atom. The van der Waals surface area contributed by atoms with Crippen LogP contribution in [0.1, 0.15) is 40.0 Å². The molecule has 1 fully saturated rings. The molecule has 4 nitrogen and oxygen atoms in total. The number of piperazine rings is 1. The molecule has 4 heteroatoms. The normalized spacial score (nSPS) is 21.8. The van der Waals surface area contributed by atoms with E-state index in [1.165, 1.54) is 26.2 Å². The van der Waals surface area contributed by atoms with Crippen LogP contribution < -0.4 is 5.73 Å². The van der Waals surface area contributed by atoms with Gasteiger partial charge < -0.3 is 10.6 Å². The smallest absolute Gasteiger partial charge is 0.101 e. The van der Waals surface area contributed by atoms with E-state index in [-0.39, 0.29) is 0 Å². The summed E-state index contributed by atoms with van der Waals surface area (Å²) < 4.78 is 0. The molecular formula is C14H28N4. The maximum absolute atomic E-state index is 8.83. The zero-order valence-corrected chi connectivity index (χ0v) is 12.2. The fourth-order valence-corrected chi connectivity index (χ4v) is 2.39. The van der Waals surface area contributed by atoms with Gasteiger partial charge in [0.25, 0.3) is 0 Å². The lowest BCUT2D eigenvalue weighted by molar-refractivity contribution is 0.107. The molecule has 1 rings (SSSR count). The van der Waals surface area contributed by atoms with Crippen LogP contribution in [0.25, 0.3) is 0 Å². The van der Waals surface area contributed by atoms with Gasteiger partial charge in [0.2, 0.25) is 0 Å². The molecule has 0 bridgehead atoms. The maximum Gasteiger partial charge on any atom is 0.101 e. The van der Waals surface area contributed by atoms with E-state index in [0.29, 0.717) is 6.04 Å². The number of nitriles is 1. The van der Waals surface area contributed by atoms with E-state index < -0.39 is 5.54 Å². The highest BCUT2D eigenvalue weighted by Gasteiger charge is 2.19. The molecule has 0 aromatic heterocycles. The average Bonchev–Trinajstić information content (AvgIpc) is 2.35. The van der Waals surface area contributed by atoms with Crippen molar-refractivity contribution in [1.29, 1.82) is 5.26 Å². The van der Waals surface area contributed by atoms with Crippen LogP contribution in [0.5, 0.6) is 0 Å². The minimum atomic E-state index is -0.643. The first kappa shape index (κ1) is 15.4. The summed E-state index contributed by atoms with van der Waals surface area (Å²) in [6.45, 7) is 12.2. The molecule has 1 aliphatic heterocycles. The first-order valence-corrected chi connectivity index (χ1v) is 7.11. The van der Waals surface area contributed by atoms with Crippen molar-refractivity contribution in [3.63, 3.8) is 0 Å². The molecule has 0 spiro atoms. The Morgan fingerprint density at radius 1 is 1.22 bits per heavy atom. The lowest BCUT2D eigenvalue weighted by atomic mass is 9.98. The van der Waals surface area contributed by atoms with Gasteiger partial charge in [0, 0.05) is 32.2 Å². The molecule has 0 aliphatic carbocycles. The predicted molar refractivity (Wildman–Crippen MR) is 75.2 cm³/mol. The zero-order valence-electron chi connectivity index (χ0n) is 12.2. The molecule has 0 radical (unpaired) electrons. The number of hydrogen-bond donors (Lipinski definition) is 1. The molecular weight excluding hydrogens is 224 g/mol. The molecule has 0 aromatic carbocycles. The maximum atomic E-state index is 8.83. The van der Waals surface area contributed by atoms with E-state index in [1.807, 2.05) is 6.92 Å². The quantitative estimate of drug-likeness (QED) is 0.727. The summed E-state index contributed by atoms with van der Waals surface area (Å²) in [4.78, 5) is 5.06. The molecule has 104 valence electrons. The third-order valence-electron chi connectivity index (χ3n) is 3.81. The summed E-state index contributed by atoms with van der Waals surface area (Å²) in [6.07, 6.45) is 3.00. The van der Waals surface area contributed by atoms with Gasteiger partial charge in [-0.15, -0.1) is 0 Å². The summed E-state index contributed by atoms with van der Waals surface area (Å²) in [5.41, 5.74) is 5.16. The monoisotopic (exact) mass is 252 g/mol. The first-order valence-electron chi connectivity index (χ1n) is 7.11. The first-order chi connectivity index (χ1) is 8.44. The van der Waals surface area contributed by atoms with Crippen LogP contribution in [0.15, 0.2) is 0 Å². The minimum Gasteiger partial charge on any atom is -0.314 e. The summed E-state index contributed by atoms with van der Waals surface area (Å²) in [5, 5.41) is 8.83. The highest BCUT2D eigenvalue weighted by atomic mass is 15.3. The van der Waals surface area contributed by atoms with Gasteiger partial charge in [0.05, 0.1) is 6.07 Å². The number of nitrogens with zero attached hydrogens (tertiary/aromatic N) is 3. The Kier molecular flexibility index (Phi) is 6.07. The Hall–Kier alpha value is -0.630. The van der Waals surface area contributed by atoms with Crippen molar-refractivity contribution >= 4 is 0 Å². The van der Waals surface area contributed by atoms with Gasteiger partial charge in [-0.05, 0) is 46.6 Å². The summed E-state index contributed by atoms with van der Waals surface area (Å²) in [7, 11) is 0. The fraction of sp³-hybridized carbons (Fsp3) is 0.929. The van der Waals surface area contributed by atoms with Crippen molar-refractivity contribution in [2.24, 2.45) is 5.73 Å². The van der Waals surface area contributed by atoms with Crippen molar-refractivity contribution in [3.8, 4) is 6.07 Å². The minimum absolute atomic E-state index is 0.643. The summed E-state index contributed by atoms with van der Waals surface area (Å²) in [5.74, 6) is 0. The van der Waals surface area contributed by atoms with Crippen LogP contribution in [0.4, 0.5) is 0 Å². The second kappa shape index (κ2) is 7.08. The lowest BCUT2D eigenvalue weighted by Gasteiger charge is -2.37. The van der Waals surface area contributed by atoms with Crippen molar-refractivity contribution in [2.45, 2.75) is 51.6 Å². The molecule has 0 aromatic rings. The number of hydrogen-bond acceptors (Lipinski definition) is 4. The van der Waals surface area contributed by atoms with Crippen LogP contribution in [0, 0.1) is 11.3 Å². The van der Waals surface area contributed by atoms with E-state index in [9.17, 15) is 0 Å². The van der Waals surface area contributed by atoms with Gasteiger partial charge in [-0.25, -0.2) is 0 Å². The molecule has 1 heterocycles. The Morgan fingerprint density at radius 2 is 1.83 bits per heavy atom. The third kappa shape index (κ3) is 5.34. The second-order valence-corrected chi connectivity index (χ2v) is 5.96. The molecule has 1 aliphatic rings. The fourth-order valence-electron chi connectivity index (χ4n) is 2.39. The molecule has 1 saturated heterocycles. The van der Waals surface area contributed by atoms with E-state index in [1.54, 1.807) is 0 Å². The highest BCUT2D eigenvalue weighted by molar-refractivity contribution is 5.00. The molecule has 18 heavy (non-hydrogen) atoms. The number of unbranched alkanes of at least 4 members (excludes halogenated alkanes) is 1. The van der Waals surface area contributed by atoms with E-state index in [4.69, 9.17) is 11.0 Å². The highest BCUT2D eigenvalue weighted by Crippen LogP contribution is 2.11. The van der Waals surface area contributed by atoms with Crippen LogP contribution in [-0.2, 0) is 0 Å². The molecule has 2 N–H and O–H groups in total. The van der Waals surface area contributed by atoms with Gasteiger partial charge in [-0.2, -0.15) is 5.26 Å². The van der Waals surface area contributed by atoms with Crippen molar-refractivity contribution in [1.82, 2.24) is 9.80 Å². The third-order valence-corrected chi connectivity index (χ3v) is 3.81. The van der Waals surface area contributed by atoms with Crippen molar-refractivity contribution in [3.05, 3.63) is 0 Å². The summed E-state index contributed by atoms with van der Waals surface area (Å²) >= 11 is 0. The number of nitrogens with two attached hydrogens (primary N) is 1. The van der Waals surface area contributed by atoms with E-state index in [0.717, 1.165) is 25.8 Å². The SMILES string of the molecule is CC(C)N1CCN(CCCCC(C)(N)C#N)CC1. The van der Waals surface area contributed by atoms with Crippen molar-refractivity contribution in [2.75, 3.05) is 32.7 Å². The summed E-state index contributed by atoms with van der Waals surface area (Å²) in [6, 6.07) is 2.82. The average molecular weight is 252 g/mol. The van der Waals surface area contributed by atoms with Crippen LogP contribution in [0.2, 0.25) is 0 Å². The Balaban J connectivity index is 2.10. The lowest BCUT2D eigenvalue weighted by Crippen LogP contribution is -2.48. The van der Waals surface area contributed by atoms with Crippen molar-refractivity contribution < 1.29 is 0 Å². The Labute approximate surface area is 112 Å². The van der Waals surface area contributed by atoms with Gasteiger partial charge in [0.1, 0.15) is 5.54 Å². The Bertz CT molecular complexity index is 272. The topological polar surface area (TPSA) is 56.3 Å². The van der Waals surface area contributed by atoms with Gasteiger partial charge in [-0.3, -0.25) is 4.90 Å². The largest absolute Gasteiger partial charge is 0.314 e. The second-order valence-electron chi connectivity index (χ2n) is 5.96. The molecule has 0 saturated carbocycles. The van der Waals surface area contributed by atoms with Crippen LogP contribution >= 0.6 is 0 Å². The van der Waals surface area contributed by atoms with Gasteiger partial charge in [0.15, 0.2) is 0 Å². The van der Waals surface area contributed by atoms with E-state index in [2.05, 4.69) is 29.7 Å².